The van der Waals surface area contributed by atoms with Gasteiger partial charge in [-0.25, -0.2) is 8.78 Å². The van der Waals surface area contributed by atoms with Gasteiger partial charge in [0.2, 0.25) is 11.8 Å². The zero-order chi connectivity index (χ0) is 28.5. The zero-order valence-electron chi connectivity index (χ0n) is 22.8. The Morgan fingerprint density at radius 2 is 1.87 bits per heavy atom. The van der Waals surface area contributed by atoms with Gasteiger partial charge in [0.1, 0.15) is 11.6 Å². The fraction of sp³-hybridized carbons (Fsp3) is 0.517. The summed E-state index contributed by atoms with van der Waals surface area (Å²) in [6.07, 6.45) is -0.105. The molecule has 0 aliphatic carbocycles. The number of carbonyl (C=O) groups excluding carboxylic acids is 2. The Bertz CT molecular complexity index is 1100. The number of nitrogens with one attached hydrogen (secondary N) is 2. The average molecular weight is 657 g/mol. The third-order valence-electron chi connectivity index (χ3n) is 6.89. The fourth-order valence-electron chi connectivity index (χ4n) is 4.99. The maximum Gasteiger partial charge on any atom is 0.237 e. The number of halogens is 3. The van der Waals surface area contributed by atoms with Crippen LogP contribution < -0.4 is 10.6 Å². The Morgan fingerprint density at radius 1 is 1.15 bits per heavy atom. The Labute approximate surface area is 243 Å². The highest BCUT2D eigenvalue weighted by molar-refractivity contribution is 14.1. The molecule has 0 aromatic heterocycles. The quantitative estimate of drug-likeness (QED) is 0.289. The van der Waals surface area contributed by atoms with Crippen LogP contribution in [-0.4, -0.2) is 77.6 Å². The molecule has 10 heteroatoms. The number of aliphatic hydroxyl groups excluding tert-OH is 1. The standard InChI is InChI=1S/C29H39F2IN4O3/c1-4-8-36-26(19(2)3)16-35(18-29(36)39)17-28(38)34-25(12-21-9-22(30)13-23(31)10-21)27(37)15-33-14-20-6-5-7-24(32)11-20/h5-7,9-11,13,19,25-27,33,37H,4,8,12,14-18H2,1-3H3,(H,34,38)/t25-,26+,27+/m0/s1. The summed E-state index contributed by atoms with van der Waals surface area (Å²) in [5.74, 6) is -1.55. The van der Waals surface area contributed by atoms with Crippen LogP contribution in [0.15, 0.2) is 42.5 Å². The van der Waals surface area contributed by atoms with Gasteiger partial charge in [-0.2, -0.15) is 0 Å². The third kappa shape index (κ3) is 9.77. The molecule has 1 fully saturated rings. The second-order valence-corrected chi connectivity index (χ2v) is 11.8. The van der Waals surface area contributed by atoms with Gasteiger partial charge in [-0.05, 0) is 76.7 Å². The number of carbonyl (C=O) groups is 2. The van der Waals surface area contributed by atoms with Crippen LogP contribution in [0, 0.1) is 21.1 Å². The van der Waals surface area contributed by atoms with E-state index >= 15 is 0 Å². The van der Waals surface area contributed by atoms with Crippen LogP contribution in [0.5, 0.6) is 0 Å². The van der Waals surface area contributed by atoms with Crippen LogP contribution >= 0.6 is 22.6 Å². The molecular formula is C29H39F2IN4O3. The molecule has 1 heterocycles. The summed E-state index contributed by atoms with van der Waals surface area (Å²) in [5, 5.41) is 17.1. The Kier molecular flexibility index (Phi) is 12.1. The fourth-order valence-corrected chi connectivity index (χ4v) is 5.60. The number of piperazine rings is 1. The van der Waals surface area contributed by atoms with Gasteiger partial charge in [0.15, 0.2) is 0 Å². The number of aliphatic hydroxyl groups is 1. The Hall–Kier alpha value is -2.15. The van der Waals surface area contributed by atoms with E-state index in [9.17, 15) is 23.5 Å². The second kappa shape index (κ2) is 15.0. The second-order valence-electron chi connectivity index (χ2n) is 10.6. The predicted molar refractivity (Wildman–Crippen MR) is 156 cm³/mol. The van der Waals surface area contributed by atoms with E-state index in [0.717, 1.165) is 21.6 Å². The highest BCUT2D eigenvalue weighted by atomic mass is 127. The van der Waals surface area contributed by atoms with Gasteiger partial charge in [-0.1, -0.05) is 32.9 Å². The average Bonchev–Trinajstić information content (AvgIpc) is 2.84. The molecule has 1 aliphatic heterocycles. The van der Waals surface area contributed by atoms with Crippen molar-refractivity contribution in [3.63, 3.8) is 0 Å². The lowest BCUT2D eigenvalue weighted by molar-refractivity contribution is -0.142. The summed E-state index contributed by atoms with van der Waals surface area (Å²) in [5.41, 5.74) is 1.38. The van der Waals surface area contributed by atoms with Gasteiger partial charge in [0.25, 0.3) is 0 Å². The molecule has 0 unspecified atom stereocenters. The number of nitrogens with zero attached hydrogens (tertiary/aromatic N) is 2. The molecule has 2 aromatic carbocycles. The van der Waals surface area contributed by atoms with Crippen molar-refractivity contribution < 1.29 is 23.5 Å². The molecule has 2 aromatic rings. The summed E-state index contributed by atoms with van der Waals surface area (Å²) in [4.78, 5) is 29.7. The first-order valence-electron chi connectivity index (χ1n) is 13.4. The normalized spacial score (nSPS) is 17.9. The van der Waals surface area contributed by atoms with Gasteiger partial charge in [0, 0.05) is 41.9 Å². The largest absolute Gasteiger partial charge is 0.390 e. The minimum Gasteiger partial charge on any atom is -0.390 e. The summed E-state index contributed by atoms with van der Waals surface area (Å²) in [7, 11) is 0. The van der Waals surface area contributed by atoms with Crippen molar-refractivity contribution in [2.75, 3.05) is 32.7 Å². The maximum atomic E-state index is 13.9. The first kappa shape index (κ1) is 31.4. The van der Waals surface area contributed by atoms with E-state index in [4.69, 9.17) is 0 Å². The number of hydrogen-bond donors (Lipinski definition) is 3. The molecule has 3 N–H and O–H groups in total. The van der Waals surface area contributed by atoms with Crippen molar-refractivity contribution in [1.82, 2.24) is 20.4 Å². The van der Waals surface area contributed by atoms with Crippen molar-refractivity contribution in [3.05, 3.63) is 68.8 Å². The Morgan fingerprint density at radius 3 is 2.51 bits per heavy atom. The topological polar surface area (TPSA) is 84.9 Å². The van der Waals surface area contributed by atoms with Crippen molar-refractivity contribution in [2.45, 2.75) is 58.3 Å². The third-order valence-corrected chi connectivity index (χ3v) is 7.56. The maximum absolute atomic E-state index is 13.9. The molecule has 1 saturated heterocycles. The molecule has 39 heavy (non-hydrogen) atoms. The summed E-state index contributed by atoms with van der Waals surface area (Å²) in [6, 6.07) is 10.4. The molecule has 1 aliphatic rings. The minimum absolute atomic E-state index is 0.00110. The van der Waals surface area contributed by atoms with Crippen molar-refractivity contribution in [3.8, 4) is 0 Å². The number of amides is 2. The molecule has 3 rings (SSSR count). The minimum atomic E-state index is -1.02. The van der Waals surface area contributed by atoms with Crippen LogP contribution in [-0.2, 0) is 22.6 Å². The first-order valence-corrected chi connectivity index (χ1v) is 14.5. The lowest BCUT2D eigenvalue weighted by Gasteiger charge is -2.43. The SMILES string of the molecule is CCCN1C(=O)CN(CC(=O)N[C@@H](Cc2cc(F)cc(F)c2)[C@H](O)CNCc2cccc(I)c2)C[C@@H]1C(C)C. The van der Waals surface area contributed by atoms with E-state index in [2.05, 4.69) is 47.1 Å². The van der Waals surface area contributed by atoms with E-state index in [1.165, 1.54) is 12.1 Å². The molecule has 0 radical (unpaired) electrons. The molecule has 7 nitrogen and oxygen atoms in total. The highest BCUT2D eigenvalue weighted by Crippen LogP contribution is 2.19. The predicted octanol–water partition coefficient (Wildman–Crippen LogP) is 3.33. The van der Waals surface area contributed by atoms with Crippen LogP contribution in [0.2, 0.25) is 0 Å². The van der Waals surface area contributed by atoms with E-state index in [1.54, 1.807) is 0 Å². The van der Waals surface area contributed by atoms with Gasteiger partial charge >= 0.3 is 0 Å². The monoisotopic (exact) mass is 656 g/mol. The van der Waals surface area contributed by atoms with Gasteiger partial charge < -0.3 is 20.6 Å². The van der Waals surface area contributed by atoms with E-state index in [0.29, 0.717) is 25.2 Å². The van der Waals surface area contributed by atoms with Crippen LogP contribution in [0.3, 0.4) is 0 Å². The molecule has 0 saturated carbocycles. The van der Waals surface area contributed by atoms with Crippen molar-refractivity contribution >= 4 is 34.4 Å². The summed E-state index contributed by atoms with van der Waals surface area (Å²) in [6.45, 7) is 8.27. The Balaban J connectivity index is 1.66. The van der Waals surface area contributed by atoms with Gasteiger partial charge in [-0.3, -0.25) is 14.5 Å². The van der Waals surface area contributed by atoms with Gasteiger partial charge in [0.05, 0.1) is 25.2 Å². The molecule has 0 bridgehead atoms. The van der Waals surface area contributed by atoms with E-state index in [-0.39, 0.29) is 49.8 Å². The van der Waals surface area contributed by atoms with Crippen LogP contribution in [0.25, 0.3) is 0 Å². The number of hydrogen-bond acceptors (Lipinski definition) is 5. The molecular weight excluding hydrogens is 617 g/mol. The van der Waals surface area contributed by atoms with Gasteiger partial charge in [-0.15, -0.1) is 0 Å². The highest BCUT2D eigenvalue weighted by Gasteiger charge is 2.34. The smallest absolute Gasteiger partial charge is 0.237 e. The van der Waals surface area contributed by atoms with Crippen LogP contribution in [0.4, 0.5) is 8.78 Å². The number of benzene rings is 2. The number of rotatable bonds is 13. The lowest BCUT2D eigenvalue weighted by Crippen LogP contribution is -2.60. The van der Waals surface area contributed by atoms with E-state index in [1.807, 2.05) is 41.0 Å². The van der Waals surface area contributed by atoms with Crippen molar-refractivity contribution in [1.29, 1.82) is 0 Å². The molecule has 0 spiro atoms. The molecule has 3 atom stereocenters. The summed E-state index contributed by atoms with van der Waals surface area (Å²) < 4.78 is 28.8. The summed E-state index contributed by atoms with van der Waals surface area (Å²) >= 11 is 2.23. The lowest BCUT2D eigenvalue weighted by atomic mass is 9.98. The van der Waals surface area contributed by atoms with E-state index < -0.39 is 23.8 Å². The van der Waals surface area contributed by atoms with Crippen LogP contribution in [0.1, 0.15) is 38.3 Å². The first-order chi connectivity index (χ1) is 18.5. The zero-order valence-corrected chi connectivity index (χ0v) is 25.0. The van der Waals surface area contributed by atoms with Crippen molar-refractivity contribution in [2.24, 2.45) is 5.92 Å². The molecule has 2 amide bonds. The molecule has 214 valence electrons.